The Morgan fingerprint density at radius 2 is 1.86 bits per heavy atom. The number of para-hydroxylation sites is 1. The van der Waals surface area contributed by atoms with Gasteiger partial charge in [0.2, 0.25) is 0 Å². The van der Waals surface area contributed by atoms with Crippen LogP contribution in [-0.4, -0.2) is 28.2 Å². The van der Waals surface area contributed by atoms with Gasteiger partial charge in [-0.2, -0.15) is 0 Å². The minimum atomic E-state index is -0.414. The van der Waals surface area contributed by atoms with E-state index in [1.54, 1.807) is 12.1 Å². The van der Waals surface area contributed by atoms with Crippen LogP contribution in [0.15, 0.2) is 42.5 Å². The van der Waals surface area contributed by atoms with Crippen molar-refractivity contribution in [3.8, 4) is 0 Å². The number of aliphatic hydroxyl groups excluding tert-OH is 1. The van der Waals surface area contributed by atoms with E-state index in [1.807, 2.05) is 24.3 Å². The third-order valence-electron chi connectivity index (χ3n) is 3.30. The van der Waals surface area contributed by atoms with Gasteiger partial charge in [0, 0.05) is 18.0 Å². The molecule has 7 heteroatoms. The first-order valence-corrected chi connectivity index (χ1v) is 6.53. The van der Waals surface area contributed by atoms with Crippen molar-refractivity contribution in [2.24, 2.45) is 0 Å². The van der Waals surface area contributed by atoms with E-state index in [4.69, 9.17) is 5.11 Å². The fraction of sp³-hybridized carbons (Fsp3) is 0.133. The number of hydrogen-bond donors (Lipinski definition) is 2. The van der Waals surface area contributed by atoms with E-state index in [2.05, 4.69) is 10.3 Å². The Kier molecular flexibility index (Phi) is 4.75. The Balaban J connectivity index is 0.00000176. The zero-order chi connectivity index (χ0) is 14.8. The highest BCUT2D eigenvalue weighted by atomic mass is 35.5. The van der Waals surface area contributed by atoms with Crippen LogP contribution in [0.25, 0.3) is 21.8 Å². The average Bonchev–Trinajstić information content (AvgIpc) is 2.50. The molecule has 0 aliphatic rings. The van der Waals surface area contributed by atoms with Crippen LogP contribution in [0.2, 0.25) is 0 Å². The number of fused-ring (bicyclic) bond motifs is 2. The van der Waals surface area contributed by atoms with Crippen molar-refractivity contribution in [3.05, 3.63) is 52.6 Å². The smallest absolute Gasteiger partial charge is 0.280 e. The number of nitro benzene ring substituents is 1. The van der Waals surface area contributed by atoms with Gasteiger partial charge in [-0.05, 0) is 12.1 Å². The molecule has 3 rings (SSSR count). The lowest BCUT2D eigenvalue weighted by Gasteiger charge is -2.12. The van der Waals surface area contributed by atoms with E-state index in [0.717, 1.165) is 10.9 Å². The molecule has 2 aromatic carbocycles. The normalized spacial score (nSPS) is 10.4. The second kappa shape index (κ2) is 6.55. The van der Waals surface area contributed by atoms with E-state index < -0.39 is 4.92 Å². The summed E-state index contributed by atoms with van der Waals surface area (Å²) in [4.78, 5) is 15.3. The number of pyridine rings is 1. The maximum Gasteiger partial charge on any atom is 0.280 e. The van der Waals surface area contributed by atoms with Crippen LogP contribution in [0.3, 0.4) is 0 Å². The van der Waals surface area contributed by atoms with Crippen molar-refractivity contribution >= 4 is 45.6 Å². The third kappa shape index (κ3) is 2.66. The topological polar surface area (TPSA) is 88.3 Å². The standard InChI is InChI=1S/C15H13N3O3.ClH/c19-9-8-16-15-10-4-1-2-5-11(10)17-12-6-3-7-13(14(12)15)18(20)21;/h1-7,19H,8-9H2,(H,16,17);1H. The molecule has 0 fully saturated rings. The minimum absolute atomic E-state index is 0. The molecule has 0 radical (unpaired) electrons. The van der Waals surface area contributed by atoms with Crippen LogP contribution < -0.4 is 5.32 Å². The van der Waals surface area contributed by atoms with E-state index in [9.17, 15) is 10.1 Å². The number of nitro groups is 1. The van der Waals surface area contributed by atoms with Gasteiger partial charge in [0.25, 0.3) is 5.69 Å². The summed E-state index contributed by atoms with van der Waals surface area (Å²) in [5, 5.41) is 24.7. The largest absolute Gasteiger partial charge is 0.395 e. The Labute approximate surface area is 132 Å². The van der Waals surface area contributed by atoms with Gasteiger partial charge >= 0.3 is 0 Å². The van der Waals surface area contributed by atoms with Crippen LogP contribution >= 0.6 is 12.4 Å². The Morgan fingerprint density at radius 1 is 1.14 bits per heavy atom. The molecule has 0 saturated heterocycles. The first-order chi connectivity index (χ1) is 10.2. The first kappa shape index (κ1) is 15.9. The number of rotatable bonds is 4. The number of benzene rings is 2. The molecule has 0 aliphatic carbocycles. The van der Waals surface area contributed by atoms with Crippen molar-refractivity contribution in [1.29, 1.82) is 0 Å². The zero-order valence-electron chi connectivity index (χ0n) is 11.5. The molecule has 0 unspecified atom stereocenters. The zero-order valence-corrected chi connectivity index (χ0v) is 12.3. The van der Waals surface area contributed by atoms with Gasteiger partial charge in [-0.1, -0.05) is 24.3 Å². The molecule has 1 aromatic heterocycles. The molecule has 22 heavy (non-hydrogen) atoms. The lowest BCUT2D eigenvalue weighted by atomic mass is 10.1. The van der Waals surface area contributed by atoms with Gasteiger partial charge < -0.3 is 10.4 Å². The molecule has 6 nitrogen and oxygen atoms in total. The Morgan fingerprint density at radius 3 is 2.59 bits per heavy atom. The van der Waals surface area contributed by atoms with E-state index in [0.29, 0.717) is 23.1 Å². The minimum Gasteiger partial charge on any atom is -0.395 e. The number of hydrogen-bond acceptors (Lipinski definition) is 5. The van der Waals surface area contributed by atoms with Crippen molar-refractivity contribution in [2.45, 2.75) is 0 Å². The molecule has 0 amide bonds. The van der Waals surface area contributed by atoms with Crippen molar-refractivity contribution in [2.75, 3.05) is 18.5 Å². The fourth-order valence-electron chi connectivity index (χ4n) is 2.44. The highest BCUT2D eigenvalue weighted by Gasteiger charge is 2.18. The maximum absolute atomic E-state index is 11.3. The monoisotopic (exact) mass is 319 g/mol. The summed E-state index contributed by atoms with van der Waals surface area (Å²) in [5.41, 5.74) is 1.96. The predicted octanol–water partition coefficient (Wildman–Crippen LogP) is 3.12. The van der Waals surface area contributed by atoms with Crippen molar-refractivity contribution < 1.29 is 10.0 Å². The third-order valence-corrected chi connectivity index (χ3v) is 3.30. The molecule has 2 N–H and O–H groups in total. The van der Waals surface area contributed by atoms with Crippen LogP contribution in [0.4, 0.5) is 11.4 Å². The summed E-state index contributed by atoms with van der Waals surface area (Å²) in [6.07, 6.45) is 0. The van der Waals surface area contributed by atoms with Gasteiger partial charge in [0.15, 0.2) is 0 Å². The number of halogens is 1. The number of aromatic nitrogens is 1. The van der Waals surface area contributed by atoms with E-state index in [-0.39, 0.29) is 24.7 Å². The highest BCUT2D eigenvalue weighted by Crippen LogP contribution is 2.36. The first-order valence-electron chi connectivity index (χ1n) is 6.53. The fourth-order valence-corrected chi connectivity index (χ4v) is 2.44. The average molecular weight is 320 g/mol. The second-order valence-corrected chi connectivity index (χ2v) is 4.58. The van der Waals surface area contributed by atoms with Crippen LogP contribution in [0.5, 0.6) is 0 Å². The molecule has 3 aromatic rings. The molecule has 0 atom stereocenters. The summed E-state index contributed by atoms with van der Waals surface area (Å²) >= 11 is 0. The molecular weight excluding hydrogens is 306 g/mol. The molecule has 0 spiro atoms. The molecule has 0 saturated carbocycles. The van der Waals surface area contributed by atoms with E-state index >= 15 is 0 Å². The predicted molar refractivity (Wildman–Crippen MR) is 88.7 cm³/mol. The van der Waals surface area contributed by atoms with Crippen LogP contribution in [0, 0.1) is 10.1 Å². The molecule has 0 aliphatic heterocycles. The number of nitrogens with one attached hydrogen (secondary N) is 1. The van der Waals surface area contributed by atoms with Crippen LogP contribution in [0.1, 0.15) is 0 Å². The van der Waals surface area contributed by atoms with Gasteiger partial charge in [-0.15, -0.1) is 12.4 Å². The van der Waals surface area contributed by atoms with Gasteiger partial charge in [-0.25, -0.2) is 4.98 Å². The summed E-state index contributed by atoms with van der Waals surface area (Å²) in [6.45, 7) is 0.258. The molecule has 114 valence electrons. The van der Waals surface area contributed by atoms with Crippen LogP contribution in [-0.2, 0) is 0 Å². The second-order valence-electron chi connectivity index (χ2n) is 4.58. The Bertz CT molecular complexity index is 839. The molecule has 0 bridgehead atoms. The van der Waals surface area contributed by atoms with Gasteiger partial charge in [-0.3, -0.25) is 10.1 Å². The number of anilines is 1. The summed E-state index contributed by atoms with van der Waals surface area (Å²) in [5.74, 6) is 0. The van der Waals surface area contributed by atoms with E-state index in [1.165, 1.54) is 6.07 Å². The SMILES string of the molecule is Cl.O=[N+]([O-])c1cccc2nc3ccccc3c(NCCO)c12. The number of aliphatic hydroxyl groups is 1. The van der Waals surface area contributed by atoms with Gasteiger partial charge in [0.1, 0.15) is 5.39 Å². The molecular formula is C15H14ClN3O3. The maximum atomic E-state index is 11.3. The van der Waals surface area contributed by atoms with Crippen molar-refractivity contribution in [1.82, 2.24) is 4.98 Å². The Hall–Kier alpha value is -2.44. The summed E-state index contributed by atoms with van der Waals surface area (Å²) in [6, 6.07) is 12.3. The van der Waals surface area contributed by atoms with Gasteiger partial charge in [0.05, 0.1) is 28.3 Å². The lowest BCUT2D eigenvalue weighted by molar-refractivity contribution is -0.383. The highest BCUT2D eigenvalue weighted by molar-refractivity contribution is 6.11. The molecule has 1 heterocycles. The lowest BCUT2D eigenvalue weighted by Crippen LogP contribution is -2.07. The number of nitrogens with zero attached hydrogens (tertiary/aromatic N) is 2. The quantitative estimate of drug-likeness (QED) is 0.438. The summed E-state index contributed by atoms with van der Waals surface area (Å²) in [7, 11) is 0. The van der Waals surface area contributed by atoms with Crippen molar-refractivity contribution in [3.63, 3.8) is 0 Å². The summed E-state index contributed by atoms with van der Waals surface area (Å²) < 4.78 is 0. The number of non-ortho nitro benzene ring substituents is 1.